The third-order valence-electron chi connectivity index (χ3n) is 4.58. The molecule has 8 nitrogen and oxygen atoms in total. The van der Waals surface area contributed by atoms with E-state index in [2.05, 4.69) is 5.73 Å². The fourth-order valence-electron chi connectivity index (χ4n) is 3.06. The van der Waals surface area contributed by atoms with Crippen molar-refractivity contribution in [3.8, 4) is 5.75 Å². The van der Waals surface area contributed by atoms with Gasteiger partial charge in [-0.15, -0.1) is 11.3 Å². The standard InChI is InChI=1S/C23H20ClF2NO6S.CH5N/c1-11(2)6-18(28)32-10-33-23(30)21-13(19-14(24)4-3-5-17(19)34-21)9-31-20-15(25)7-12(22(27)29)8-16(20)26;1-2/h3-5,7-8,11H,6,9-10H2,1-2H3,(H2,27,29);2H2,1H3. The lowest BCUT2D eigenvalue weighted by molar-refractivity contribution is -0.153. The molecule has 1 amide bonds. The summed E-state index contributed by atoms with van der Waals surface area (Å²) in [4.78, 5) is 35.6. The molecule has 2 aromatic carbocycles. The summed E-state index contributed by atoms with van der Waals surface area (Å²) in [5.41, 5.74) is 9.44. The number of hydrogen-bond acceptors (Lipinski definition) is 8. The number of halogens is 3. The molecule has 0 saturated carbocycles. The Hall–Kier alpha value is -3.28. The topological polar surface area (TPSA) is 131 Å². The lowest BCUT2D eigenvalue weighted by Crippen LogP contribution is -2.15. The van der Waals surface area contributed by atoms with Crippen LogP contribution in [0.25, 0.3) is 10.1 Å². The largest absolute Gasteiger partial charge is 0.483 e. The minimum Gasteiger partial charge on any atom is -0.483 e. The van der Waals surface area contributed by atoms with Crippen molar-refractivity contribution in [2.45, 2.75) is 26.9 Å². The molecule has 0 fully saturated rings. The molecule has 36 heavy (non-hydrogen) atoms. The van der Waals surface area contributed by atoms with E-state index in [0.29, 0.717) is 15.1 Å². The predicted molar refractivity (Wildman–Crippen MR) is 132 cm³/mol. The van der Waals surface area contributed by atoms with Gasteiger partial charge in [0.15, 0.2) is 17.4 Å². The van der Waals surface area contributed by atoms with E-state index in [1.165, 1.54) is 7.05 Å². The van der Waals surface area contributed by atoms with E-state index in [9.17, 15) is 23.2 Å². The lowest BCUT2D eigenvalue weighted by atomic mass is 10.1. The highest BCUT2D eigenvalue weighted by molar-refractivity contribution is 7.21. The number of esters is 2. The smallest absolute Gasteiger partial charge is 0.351 e. The molecule has 0 atom stereocenters. The van der Waals surface area contributed by atoms with Crippen LogP contribution in [0.15, 0.2) is 30.3 Å². The monoisotopic (exact) mass is 542 g/mol. The first-order valence-corrected chi connectivity index (χ1v) is 11.8. The minimum absolute atomic E-state index is 0.0672. The number of fused-ring (bicyclic) bond motifs is 1. The summed E-state index contributed by atoms with van der Waals surface area (Å²) in [6.07, 6.45) is 0.167. The average Bonchev–Trinajstić information content (AvgIpc) is 3.19. The van der Waals surface area contributed by atoms with Gasteiger partial charge < -0.3 is 25.7 Å². The van der Waals surface area contributed by atoms with Crippen LogP contribution in [-0.4, -0.2) is 31.7 Å². The van der Waals surface area contributed by atoms with Crippen LogP contribution in [0.2, 0.25) is 5.02 Å². The highest BCUT2D eigenvalue weighted by Crippen LogP contribution is 2.37. The van der Waals surface area contributed by atoms with Crippen molar-refractivity contribution in [3.05, 3.63) is 63.0 Å². The van der Waals surface area contributed by atoms with E-state index in [-0.39, 0.29) is 28.3 Å². The van der Waals surface area contributed by atoms with Gasteiger partial charge in [-0.3, -0.25) is 9.59 Å². The fraction of sp³-hybridized carbons (Fsp3) is 0.292. The van der Waals surface area contributed by atoms with Crippen LogP contribution in [0.1, 0.15) is 45.9 Å². The summed E-state index contributed by atoms with van der Waals surface area (Å²) in [5, 5.41) is 0.743. The number of ether oxygens (including phenoxy) is 3. The summed E-state index contributed by atoms with van der Waals surface area (Å²) in [6, 6.07) is 6.47. The Morgan fingerprint density at radius 2 is 1.72 bits per heavy atom. The zero-order chi connectivity index (χ0) is 27.0. The number of carbonyl (C=O) groups excluding carboxylic acids is 3. The molecule has 3 aromatic rings. The molecule has 4 N–H and O–H groups in total. The Bertz CT molecular complexity index is 1240. The SMILES string of the molecule is CC(C)CC(=O)OCOC(=O)c1sc2cccc(Cl)c2c1COc1c(F)cc(C(N)=O)cc1F.CN. The molecule has 0 spiro atoms. The Labute approximate surface area is 215 Å². The number of rotatable bonds is 9. The Kier molecular flexibility index (Phi) is 10.6. The molecule has 0 saturated heterocycles. The van der Waals surface area contributed by atoms with Gasteiger partial charge in [0.2, 0.25) is 12.7 Å². The number of carbonyl (C=O) groups is 3. The third kappa shape index (κ3) is 7.12. The van der Waals surface area contributed by atoms with Crippen LogP contribution in [0.4, 0.5) is 8.78 Å². The molecule has 0 bridgehead atoms. The van der Waals surface area contributed by atoms with Crippen LogP contribution >= 0.6 is 22.9 Å². The van der Waals surface area contributed by atoms with Crippen LogP contribution in [0, 0.1) is 17.6 Å². The van der Waals surface area contributed by atoms with Crippen molar-refractivity contribution in [3.63, 3.8) is 0 Å². The lowest BCUT2D eigenvalue weighted by Gasteiger charge is -2.11. The van der Waals surface area contributed by atoms with E-state index < -0.39 is 48.6 Å². The highest BCUT2D eigenvalue weighted by Gasteiger charge is 2.24. The Balaban J connectivity index is 0.00000222. The van der Waals surface area contributed by atoms with Crippen molar-refractivity contribution in [2.75, 3.05) is 13.8 Å². The Morgan fingerprint density at radius 1 is 1.08 bits per heavy atom. The molecule has 1 heterocycles. The van der Waals surface area contributed by atoms with E-state index in [1.54, 1.807) is 18.2 Å². The van der Waals surface area contributed by atoms with Crippen molar-refractivity contribution < 1.29 is 37.4 Å². The van der Waals surface area contributed by atoms with E-state index in [0.717, 1.165) is 23.5 Å². The number of amides is 1. The van der Waals surface area contributed by atoms with Gasteiger partial charge >= 0.3 is 11.9 Å². The quantitative estimate of drug-likeness (QED) is 0.293. The predicted octanol–water partition coefficient (Wildman–Crippen LogP) is 4.79. The van der Waals surface area contributed by atoms with Gasteiger partial charge in [-0.1, -0.05) is 31.5 Å². The normalized spacial score (nSPS) is 10.6. The number of thiophene rings is 1. The van der Waals surface area contributed by atoms with E-state index in [4.69, 9.17) is 31.5 Å². The number of benzene rings is 2. The van der Waals surface area contributed by atoms with Gasteiger partial charge in [0.25, 0.3) is 0 Å². The third-order valence-corrected chi connectivity index (χ3v) is 6.07. The second kappa shape index (κ2) is 13.1. The zero-order valence-corrected chi connectivity index (χ0v) is 21.3. The van der Waals surface area contributed by atoms with Gasteiger partial charge in [0, 0.05) is 32.7 Å². The Morgan fingerprint density at radius 3 is 2.31 bits per heavy atom. The van der Waals surface area contributed by atoms with E-state index >= 15 is 0 Å². The molecular formula is C24H25ClF2N2O6S. The maximum atomic E-state index is 14.3. The van der Waals surface area contributed by atoms with Gasteiger partial charge in [0.05, 0.1) is 0 Å². The molecule has 0 aliphatic carbocycles. The summed E-state index contributed by atoms with van der Waals surface area (Å²) in [6.45, 7) is 2.65. The van der Waals surface area contributed by atoms with Crippen molar-refractivity contribution in [2.24, 2.45) is 17.4 Å². The molecule has 0 unspecified atom stereocenters. The van der Waals surface area contributed by atoms with Gasteiger partial charge in [-0.25, -0.2) is 13.6 Å². The molecular weight excluding hydrogens is 518 g/mol. The van der Waals surface area contributed by atoms with Crippen LogP contribution in [0.5, 0.6) is 5.75 Å². The average molecular weight is 543 g/mol. The molecule has 0 aliphatic rings. The zero-order valence-electron chi connectivity index (χ0n) is 19.7. The van der Waals surface area contributed by atoms with Crippen molar-refractivity contribution in [1.29, 1.82) is 0 Å². The second-order valence-corrected chi connectivity index (χ2v) is 9.07. The first kappa shape index (κ1) is 29.0. The van der Waals surface area contributed by atoms with Gasteiger partial charge in [0.1, 0.15) is 11.5 Å². The summed E-state index contributed by atoms with van der Waals surface area (Å²) in [7, 11) is 1.50. The molecule has 1 aromatic heterocycles. The maximum absolute atomic E-state index is 14.3. The summed E-state index contributed by atoms with van der Waals surface area (Å²) >= 11 is 7.34. The second-order valence-electron chi connectivity index (χ2n) is 7.61. The summed E-state index contributed by atoms with van der Waals surface area (Å²) in [5.74, 6) is -5.29. The van der Waals surface area contributed by atoms with Crippen molar-refractivity contribution >= 4 is 50.9 Å². The molecule has 0 aliphatic heterocycles. The fourth-order valence-corrected chi connectivity index (χ4v) is 4.53. The first-order chi connectivity index (χ1) is 17.1. The highest BCUT2D eigenvalue weighted by atomic mass is 35.5. The minimum atomic E-state index is -1.14. The van der Waals surface area contributed by atoms with E-state index in [1.807, 2.05) is 13.8 Å². The molecule has 3 rings (SSSR count). The van der Waals surface area contributed by atoms with Gasteiger partial charge in [-0.05, 0) is 37.2 Å². The van der Waals surface area contributed by atoms with Crippen LogP contribution in [0.3, 0.4) is 0 Å². The molecule has 194 valence electrons. The molecule has 0 radical (unpaired) electrons. The van der Waals surface area contributed by atoms with Crippen LogP contribution < -0.4 is 16.2 Å². The number of hydrogen-bond donors (Lipinski definition) is 2. The van der Waals surface area contributed by atoms with Gasteiger partial charge in [-0.2, -0.15) is 0 Å². The summed E-state index contributed by atoms with van der Waals surface area (Å²) < 4.78 is 44.6. The van der Waals surface area contributed by atoms with Crippen molar-refractivity contribution in [1.82, 2.24) is 0 Å². The maximum Gasteiger partial charge on any atom is 0.351 e. The number of nitrogens with two attached hydrogens (primary N) is 2. The molecule has 12 heteroatoms. The van der Waals surface area contributed by atoms with Crippen LogP contribution in [-0.2, 0) is 20.9 Å². The first-order valence-electron chi connectivity index (χ1n) is 10.6. The number of primary amides is 1.